The third kappa shape index (κ3) is 2.42. The van der Waals surface area contributed by atoms with Crippen LogP contribution in [-0.4, -0.2) is 33.2 Å². The predicted molar refractivity (Wildman–Crippen MR) is 61.6 cm³/mol. The van der Waals surface area contributed by atoms with Crippen LogP contribution in [-0.2, 0) is 11.3 Å². The highest BCUT2D eigenvalue weighted by Crippen LogP contribution is 2.26. The lowest BCUT2D eigenvalue weighted by Crippen LogP contribution is -2.35. The Morgan fingerprint density at radius 2 is 2.50 bits per heavy atom. The van der Waals surface area contributed by atoms with Gasteiger partial charge >= 0.3 is 0 Å². The van der Waals surface area contributed by atoms with Crippen LogP contribution < -0.4 is 5.73 Å². The van der Waals surface area contributed by atoms with E-state index in [1.165, 1.54) is 0 Å². The van der Waals surface area contributed by atoms with Crippen molar-refractivity contribution in [2.24, 2.45) is 0 Å². The SMILES string of the molecule is C=CCN(C(=O)Cn1ccc(N)n1)C1CC1. The summed E-state index contributed by atoms with van der Waals surface area (Å²) in [5, 5.41) is 3.99. The minimum absolute atomic E-state index is 0.0745. The molecule has 1 amide bonds. The molecule has 1 fully saturated rings. The van der Waals surface area contributed by atoms with E-state index in [1.54, 1.807) is 23.0 Å². The van der Waals surface area contributed by atoms with E-state index in [2.05, 4.69) is 11.7 Å². The molecule has 1 aliphatic rings. The van der Waals surface area contributed by atoms with Crippen molar-refractivity contribution in [2.75, 3.05) is 12.3 Å². The molecule has 0 aliphatic heterocycles. The van der Waals surface area contributed by atoms with Crippen LogP contribution in [0.1, 0.15) is 12.8 Å². The van der Waals surface area contributed by atoms with E-state index in [4.69, 9.17) is 5.73 Å². The number of carbonyl (C=O) groups is 1. The van der Waals surface area contributed by atoms with E-state index in [-0.39, 0.29) is 12.5 Å². The molecule has 0 aromatic carbocycles. The van der Waals surface area contributed by atoms with Crippen LogP contribution >= 0.6 is 0 Å². The summed E-state index contributed by atoms with van der Waals surface area (Å²) >= 11 is 0. The molecule has 0 atom stereocenters. The van der Waals surface area contributed by atoms with Crippen molar-refractivity contribution in [2.45, 2.75) is 25.4 Å². The number of hydrogen-bond donors (Lipinski definition) is 1. The molecule has 1 aliphatic carbocycles. The molecule has 5 heteroatoms. The minimum Gasteiger partial charge on any atom is -0.382 e. The lowest BCUT2D eigenvalue weighted by atomic mass is 10.4. The molecule has 0 spiro atoms. The molecule has 16 heavy (non-hydrogen) atoms. The van der Waals surface area contributed by atoms with Crippen LogP contribution in [0, 0.1) is 0 Å². The predicted octanol–water partition coefficient (Wildman–Crippen LogP) is 0.642. The zero-order chi connectivity index (χ0) is 11.5. The molecule has 0 bridgehead atoms. The first-order valence-corrected chi connectivity index (χ1v) is 5.40. The highest BCUT2D eigenvalue weighted by Gasteiger charge is 2.31. The Morgan fingerprint density at radius 1 is 1.75 bits per heavy atom. The zero-order valence-electron chi connectivity index (χ0n) is 9.17. The lowest BCUT2D eigenvalue weighted by Gasteiger charge is -2.20. The quantitative estimate of drug-likeness (QED) is 0.741. The summed E-state index contributed by atoms with van der Waals surface area (Å²) in [6, 6.07) is 2.08. The van der Waals surface area contributed by atoms with Gasteiger partial charge in [-0.15, -0.1) is 6.58 Å². The highest BCUT2D eigenvalue weighted by molar-refractivity contribution is 5.76. The number of rotatable bonds is 5. The van der Waals surface area contributed by atoms with Crippen LogP contribution in [0.2, 0.25) is 0 Å². The van der Waals surface area contributed by atoms with Gasteiger partial charge in [0.25, 0.3) is 0 Å². The Kier molecular flexibility index (Phi) is 2.94. The van der Waals surface area contributed by atoms with Crippen molar-refractivity contribution < 1.29 is 4.79 Å². The van der Waals surface area contributed by atoms with Crippen molar-refractivity contribution in [1.29, 1.82) is 0 Å². The van der Waals surface area contributed by atoms with Gasteiger partial charge in [-0.2, -0.15) is 5.10 Å². The second-order valence-corrected chi connectivity index (χ2v) is 4.00. The number of nitrogen functional groups attached to an aromatic ring is 1. The van der Waals surface area contributed by atoms with Crippen molar-refractivity contribution in [3.05, 3.63) is 24.9 Å². The van der Waals surface area contributed by atoms with Gasteiger partial charge in [0.1, 0.15) is 12.4 Å². The first-order valence-electron chi connectivity index (χ1n) is 5.40. The standard InChI is InChI=1S/C11H16N4O/c1-2-6-15(9-3-4-9)11(16)8-14-7-5-10(12)13-14/h2,5,7,9H,1,3-4,6,8H2,(H2,12,13). The molecule has 1 aromatic rings. The number of hydrogen-bond acceptors (Lipinski definition) is 3. The fraction of sp³-hybridized carbons (Fsp3) is 0.455. The fourth-order valence-corrected chi connectivity index (χ4v) is 1.67. The summed E-state index contributed by atoms with van der Waals surface area (Å²) in [7, 11) is 0. The van der Waals surface area contributed by atoms with E-state index in [0.29, 0.717) is 18.4 Å². The third-order valence-corrected chi connectivity index (χ3v) is 2.59. The number of nitrogens with two attached hydrogens (primary N) is 1. The van der Waals surface area contributed by atoms with E-state index in [1.807, 2.05) is 4.90 Å². The third-order valence-electron chi connectivity index (χ3n) is 2.59. The molecule has 2 N–H and O–H groups in total. The maximum absolute atomic E-state index is 12.0. The van der Waals surface area contributed by atoms with Crippen molar-refractivity contribution in [3.8, 4) is 0 Å². The van der Waals surface area contributed by atoms with Gasteiger partial charge in [0.05, 0.1) is 0 Å². The molecule has 0 saturated heterocycles. The molecule has 0 unspecified atom stereocenters. The normalized spacial score (nSPS) is 14.8. The number of nitrogens with zero attached hydrogens (tertiary/aromatic N) is 3. The molecule has 1 aromatic heterocycles. The summed E-state index contributed by atoms with van der Waals surface area (Å²) in [5.41, 5.74) is 5.49. The first kappa shape index (κ1) is 10.7. The summed E-state index contributed by atoms with van der Waals surface area (Å²) < 4.78 is 1.57. The van der Waals surface area contributed by atoms with Gasteiger partial charge in [-0.25, -0.2) is 0 Å². The van der Waals surface area contributed by atoms with Gasteiger partial charge in [0.15, 0.2) is 0 Å². The maximum atomic E-state index is 12.0. The maximum Gasteiger partial charge on any atom is 0.244 e. The van der Waals surface area contributed by atoms with Gasteiger partial charge in [-0.1, -0.05) is 6.08 Å². The summed E-state index contributed by atoms with van der Waals surface area (Å²) in [6.45, 7) is 4.53. The van der Waals surface area contributed by atoms with E-state index in [9.17, 15) is 4.79 Å². The smallest absolute Gasteiger partial charge is 0.244 e. The van der Waals surface area contributed by atoms with Crippen molar-refractivity contribution in [3.63, 3.8) is 0 Å². The van der Waals surface area contributed by atoms with Crippen molar-refractivity contribution >= 4 is 11.7 Å². The largest absolute Gasteiger partial charge is 0.382 e. The Morgan fingerprint density at radius 3 is 3.00 bits per heavy atom. The number of anilines is 1. The minimum atomic E-state index is 0.0745. The number of aromatic nitrogens is 2. The number of carbonyl (C=O) groups excluding carboxylic acids is 1. The molecule has 0 radical (unpaired) electrons. The van der Waals surface area contributed by atoms with Crippen LogP contribution in [0.25, 0.3) is 0 Å². The molecular weight excluding hydrogens is 204 g/mol. The van der Waals surface area contributed by atoms with E-state index < -0.39 is 0 Å². The lowest BCUT2D eigenvalue weighted by molar-refractivity contribution is -0.132. The van der Waals surface area contributed by atoms with Crippen LogP contribution in [0.15, 0.2) is 24.9 Å². The molecular formula is C11H16N4O. The van der Waals surface area contributed by atoms with E-state index in [0.717, 1.165) is 12.8 Å². The summed E-state index contributed by atoms with van der Waals surface area (Å²) in [4.78, 5) is 13.8. The molecule has 5 nitrogen and oxygen atoms in total. The van der Waals surface area contributed by atoms with Crippen LogP contribution in [0.3, 0.4) is 0 Å². The van der Waals surface area contributed by atoms with Crippen molar-refractivity contribution in [1.82, 2.24) is 14.7 Å². The topological polar surface area (TPSA) is 64.2 Å². The first-order chi connectivity index (χ1) is 7.70. The van der Waals surface area contributed by atoms with Gasteiger partial charge in [0.2, 0.25) is 5.91 Å². The van der Waals surface area contributed by atoms with Gasteiger partial charge in [0, 0.05) is 18.8 Å². The van der Waals surface area contributed by atoms with Gasteiger partial charge in [-0.3, -0.25) is 9.48 Å². The number of amides is 1. The summed E-state index contributed by atoms with van der Waals surface area (Å²) in [6.07, 6.45) is 5.67. The summed E-state index contributed by atoms with van der Waals surface area (Å²) in [5.74, 6) is 0.514. The fourth-order valence-electron chi connectivity index (χ4n) is 1.67. The monoisotopic (exact) mass is 220 g/mol. The zero-order valence-corrected chi connectivity index (χ0v) is 9.17. The Balaban J connectivity index is 1.97. The Bertz CT molecular complexity index is 394. The molecule has 1 saturated carbocycles. The van der Waals surface area contributed by atoms with Crippen LogP contribution in [0.4, 0.5) is 5.82 Å². The van der Waals surface area contributed by atoms with Gasteiger partial charge < -0.3 is 10.6 Å². The molecule has 86 valence electrons. The molecule has 2 rings (SSSR count). The second kappa shape index (κ2) is 4.38. The average Bonchev–Trinajstić information content (AvgIpc) is 3.00. The van der Waals surface area contributed by atoms with Crippen LogP contribution in [0.5, 0.6) is 0 Å². The van der Waals surface area contributed by atoms with Gasteiger partial charge in [-0.05, 0) is 18.9 Å². The second-order valence-electron chi connectivity index (χ2n) is 4.00. The highest BCUT2D eigenvalue weighted by atomic mass is 16.2. The molecule has 1 heterocycles. The average molecular weight is 220 g/mol. The van der Waals surface area contributed by atoms with E-state index >= 15 is 0 Å². The Hall–Kier alpha value is -1.78. The Labute approximate surface area is 94.5 Å².